The summed E-state index contributed by atoms with van der Waals surface area (Å²) < 4.78 is 5.41. The number of imide groups is 1. The highest BCUT2D eigenvalue weighted by molar-refractivity contribution is 6.21. The summed E-state index contributed by atoms with van der Waals surface area (Å²) in [5.41, 5.74) is 2.30. The minimum atomic E-state index is -0.380. The first-order chi connectivity index (χ1) is 14.2. The fraction of sp³-hybridized carbons (Fsp3) is 0.238. The second-order valence-corrected chi connectivity index (χ2v) is 7.06. The van der Waals surface area contributed by atoms with Crippen LogP contribution < -0.4 is 10.6 Å². The van der Waals surface area contributed by atoms with E-state index < -0.39 is 0 Å². The molecule has 0 unspecified atom stereocenters. The summed E-state index contributed by atoms with van der Waals surface area (Å²) >= 11 is 0. The maximum Gasteiger partial charge on any atom is 0.259 e. The Kier molecular flexibility index (Phi) is 4.42. The predicted molar refractivity (Wildman–Crippen MR) is 107 cm³/mol. The first kappa shape index (κ1) is 17.7. The number of para-hydroxylation sites is 1. The van der Waals surface area contributed by atoms with Crippen LogP contribution in [0.25, 0.3) is 10.9 Å². The average Bonchev–Trinajstić information content (AvgIpc) is 3.02. The van der Waals surface area contributed by atoms with Crippen LogP contribution in [0.1, 0.15) is 26.5 Å². The van der Waals surface area contributed by atoms with Crippen molar-refractivity contribution in [3.8, 4) is 0 Å². The monoisotopic (exact) mass is 389 g/mol. The molecule has 0 atom stereocenters. The van der Waals surface area contributed by atoms with Crippen molar-refractivity contribution in [2.24, 2.45) is 0 Å². The summed E-state index contributed by atoms with van der Waals surface area (Å²) in [6.45, 7) is 3.78. The van der Waals surface area contributed by atoms with Crippen LogP contribution in [0.3, 0.4) is 0 Å². The van der Waals surface area contributed by atoms with Crippen LogP contribution in [0.15, 0.2) is 42.5 Å². The van der Waals surface area contributed by atoms with Crippen LogP contribution >= 0.6 is 0 Å². The Morgan fingerprint density at radius 1 is 1.00 bits per heavy atom. The van der Waals surface area contributed by atoms with Gasteiger partial charge in [-0.05, 0) is 30.3 Å². The first-order valence-corrected chi connectivity index (χ1v) is 9.50. The number of carbonyl (C=O) groups excluding carboxylic acids is 2. The van der Waals surface area contributed by atoms with Crippen molar-refractivity contribution in [3.63, 3.8) is 0 Å². The topological polar surface area (TPSA) is 96.5 Å². The van der Waals surface area contributed by atoms with Crippen LogP contribution in [0, 0.1) is 0 Å². The van der Waals surface area contributed by atoms with Gasteiger partial charge in [-0.1, -0.05) is 12.1 Å². The lowest BCUT2D eigenvalue weighted by atomic mass is 10.1. The van der Waals surface area contributed by atoms with Crippen molar-refractivity contribution in [1.82, 2.24) is 20.2 Å². The third-order valence-corrected chi connectivity index (χ3v) is 5.12. The van der Waals surface area contributed by atoms with Gasteiger partial charge in [-0.2, -0.15) is 0 Å². The molecule has 146 valence electrons. The molecule has 0 aliphatic carbocycles. The van der Waals surface area contributed by atoms with E-state index in [0.29, 0.717) is 42.4 Å². The van der Waals surface area contributed by atoms with Crippen LogP contribution in [-0.2, 0) is 11.3 Å². The highest BCUT2D eigenvalue weighted by Gasteiger charge is 2.26. The summed E-state index contributed by atoms with van der Waals surface area (Å²) in [5, 5.41) is 6.50. The number of morpholine rings is 1. The van der Waals surface area contributed by atoms with E-state index in [9.17, 15) is 9.59 Å². The van der Waals surface area contributed by atoms with E-state index in [0.717, 1.165) is 29.8 Å². The van der Waals surface area contributed by atoms with Crippen LogP contribution in [0.4, 0.5) is 11.5 Å². The lowest BCUT2D eigenvalue weighted by Gasteiger charge is -2.26. The van der Waals surface area contributed by atoms with E-state index in [1.165, 1.54) is 0 Å². The average molecular weight is 389 g/mol. The Hall–Kier alpha value is -3.36. The summed E-state index contributed by atoms with van der Waals surface area (Å²) in [5.74, 6) is 0.650. The van der Waals surface area contributed by atoms with Crippen molar-refractivity contribution in [2.45, 2.75) is 6.54 Å². The minimum Gasteiger partial charge on any atom is -0.379 e. The molecule has 2 aromatic carbocycles. The number of ether oxygens (including phenoxy) is 1. The molecule has 29 heavy (non-hydrogen) atoms. The van der Waals surface area contributed by atoms with Crippen LogP contribution in [0.5, 0.6) is 0 Å². The van der Waals surface area contributed by atoms with Crippen molar-refractivity contribution in [3.05, 3.63) is 59.4 Å². The maximum atomic E-state index is 12.0. The number of aromatic nitrogens is 2. The Balaban J connectivity index is 1.49. The lowest BCUT2D eigenvalue weighted by Crippen LogP contribution is -2.36. The molecule has 1 saturated heterocycles. The number of amides is 2. The number of nitrogens with one attached hydrogen (secondary N) is 2. The molecule has 2 aliphatic heterocycles. The van der Waals surface area contributed by atoms with Crippen molar-refractivity contribution in [1.29, 1.82) is 0 Å². The van der Waals surface area contributed by atoms with E-state index in [4.69, 9.17) is 14.7 Å². The molecule has 8 nitrogen and oxygen atoms in total. The first-order valence-electron chi connectivity index (χ1n) is 9.50. The van der Waals surface area contributed by atoms with Crippen LogP contribution in [0.2, 0.25) is 0 Å². The molecule has 3 aromatic rings. The molecule has 2 amide bonds. The van der Waals surface area contributed by atoms with Crippen molar-refractivity contribution in [2.75, 3.05) is 31.6 Å². The SMILES string of the molecule is O=C1NC(=O)c2cc(Nc3nc(CN4CCOCC4)nc4ccccc34)ccc21. The quantitative estimate of drug-likeness (QED) is 0.660. The zero-order valence-corrected chi connectivity index (χ0v) is 15.6. The van der Waals surface area contributed by atoms with Crippen molar-refractivity contribution >= 4 is 34.2 Å². The van der Waals surface area contributed by atoms with Gasteiger partial charge in [0, 0.05) is 24.2 Å². The molecule has 1 fully saturated rings. The number of nitrogens with zero attached hydrogens (tertiary/aromatic N) is 3. The maximum absolute atomic E-state index is 12.0. The Labute approximate surface area is 166 Å². The number of anilines is 2. The van der Waals surface area contributed by atoms with E-state index in [-0.39, 0.29) is 11.8 Å². The highest BCUT2D eigenvalue weighted by atomic mass is 16.5. The molecule has 0 bridgehead atoms. The molecule has 0 saturated carbocycles. The third-order valence-electron chi connectivity index (χ3n) is 5.12. The zero-order chi connectivity index (χ0) is 19.8. The fourth-order valence-corrected chi connectivity index (χ4v) is 3.63. The standard InChI is InChI=1S/C21H19N5O3/c27-20-14-6-5-13(11-16(14)21(28)25-20)22-19-15-3-1-2-4-17(15)23-18(24-19)12-26-7-9-29-10-8-26/h1-6,11H,7-10,12H2,(H,22,23,24)(H,25,27,28). The molecule has 0 spiro atoms. The lowest BCUT2D eigenvalue weighted by molar-refractivity contribution is 0.0331. The summed E-state index contributed by atoms with van der Waals surface area (Å²) in [7, 11) is 0. The van der Waals surface area contributed by atoms with E-state index in [1.807, 2.05) is 24.3 Å². The smallest absolute Gasteiger partial charge is 0.259 e. The summed E-state index contributed by atoms with van der Waals surface area (Å²) in [6, 6.07) is 12.9. The van der Waals surface area contributed by atoms with Gasteiger partial charge < -0.3 is 10.1 Å². The van der Waals surface area contributed by atoms with Gasteiger partial charge in [0.05, 0.1) is 36.4 Å². The van der Waals surface area contributed by atoms with Gasteiger partial charge in [0.15, 0.2) is 0 Å². The molecular formula is C21H19N5O3. The number of fused-ring (bicyclic) bond motifs is 2. The number of benzene rings is 2. The Morgan fingerprint density at radius 2 is 1.79 bits per heavy atom. The van der Waals surface area contributed by atoms with E-state index in [1.54, 1.807) is 18.2 Å². The Bertz CT molecular complexity index is 1120. The third kappa shape index (κ3) is 3.43. The zero-order valence-electron chi connectivity index (χ0n) is 15.6. The highest BCUT2D eigenvalue weighted by Crippen LogP contribution is 2.27. The minimum absolute atomic E-state index is 0.364. The van der Waals surface area contributed by atoms with E-state index in [2.05, 4.69) is 15.5 Å². The van der Waals surface area contributed by atoms with Gasteiger partial charge >= 0.3 is 0 Å². The molecule has 3 heterocycles. The molecule has 5 rings (SSSR count). The largest absolute Gasteiger partial charge is 0.379 e. The van der Waals surface area contributed by atoms with Gasteiger partial charge in [0.25, 0.3) is 11.8 Å². The molecule has 2 aliphatic rings. The van der Waals surface area contributed by atoms with Gasteiger partial charge in [0.1, 0.15) is 11.6 Å². The van der Waals surface area contributed by atoms with E-state index >= 15 is 0 Å². The number of rotatable bonds is 4. The molecule has 1 aromatic heterocycles. The fourth-order valence-electron chi connectivity index (χ4n) is 3.63. The Morgan fingerprint density at radius 3 is 2.66 bits per heavy atom. The number of hydrogen-bond donors (Lipinski definition) is 2. The second kappa shape index (κ2) is 7.23. The van der Waals surface area contributed by atoms with Crippen molar-refractivity contribution < 1.29 is 14.3 Å². The summed E-state index contributed by atoms with van der Waals surface area (Å²) in [6.07, 6.45) is 0. The molecule has 0 radical (unpaired) electrons. The number of carbonyl (C=O) groups is 2. The second-order valence-electron chi connectivity index (χ2n) is 7.06. The molecule has 8 heteroatoms. The van der Waals surface area contributed by atoms with Gasteiger partial charge in [0.2, 0.25) is 0 Å². The summed E-state index contributed by atoms with van der Waals surface area (Å²) in [4.78, 5) is 35.5. The van der Waals surface area contributed by atoms with Gasteiger partial charge in [-0.15, -0.1) is 0 Å². The normalized spacial score (nSPS) is 16.7. The predicted octanol–water partition coefficient (Wildman–Crippen LogP) is 2.09. The van der Waals surface area contributed by atoms with Crippen LogP contribution in [-0.4, -0.2) is 53.0 Å². The number of hydrogen-bond acceptors (Lipinski definition) is 7. The van der Waals surface area contributed by atoms with Gasteiger partial charge in [-0.3, -0.25) is 19.8 Å². The van der Waals surface area contributed by atoms with Gasteiger partial charge in [-0.25, -0.2) is 9.97 Å². The molecule has 2 N–H and O–H groups in total. The molecular weight excluding hydrogens is 370 g/mol.